The Bertz CT molecular complexity index is 607. The molecular formula is C13H14ClN3O2S. The third-order valence-electron chi connectivity index (χ3n) is 3.75. The lowest BCUT2D eigenvalue weighted by Gasteiger charge is -2.15. The summed E-state index contributed by atoms with van der Waals surface area (Å²) in [5.74, 6) is 1.26. The fourth-order valence-electron chi connectivity index (χ4n) is 2.73. The van der Waals surface area contributed by atoms with E-state index in [9.17, 15) is 4.79 Å². The molecule has 1 saturated carbocycles. The first-order valence-electron chi connectivity index (χ1n) is 6.29. The number of aliphatic imine (C=N–C) groups is 1. The van der Waals surface area contributed by atoms with Crippen molar-refractivity contribution in [1.29, 1.82) is 0 Å². The Morgan fingerprint density at radius 2 is 2.40 bits per heavy atom. The number of carboxylic acid groups (broad SMARTS) is 1. The van der Waals surface area contributed by atoms with E-state index < -0.39 is 11.6 Å². The van der Waals surface area contributed by atoms with E-state index in [0.29, 0.717) is 21.8 Å². The summed E-state index contributed by atoms with van der Waals surface area (Å²) < 4.78 is 0. The van der Waals surface area contributed by atoms with Gasteiger partial charge in [0.25, 0.3) is 0 Å². The predicted molar refractivity (Wildman–Crippen MR) is 81.3 cm³/mol. The van der Waals surface area contributed by atoms with Crippen LogP contribution in [0.25, 0.3) is 0 Å². The number of nitrogens with zero attached hydrogens (tertiary/aromatic N) is 1. The maximum absolute atomic E-state index is 10.8. The molecule has 0 bridgehead atoms. The van der Waals surface area contributed by atoms with E-state index >= 15 is 0 Å². The van der Waals surface area contributed by atoms with Crippen molar-refractivity contribution in [3.8, 4) is 0 Å². The standard InChI is InChI=1S/C13H14ClN3O2S/c14-10-2-1-8(15)5-9(10)13-6-7(13)3-4-20-11(17-13)16-12(18)19/h1-2,5,7H,3-4,6,15H2,(H,16,17)(H,18,19). The second-order valence-electron chi connectivity index (χ2n) is 5.05. The maximum Gasteiger partial charge on any atom is 0.410 e. The second-order valence-corrected chi connectivity index (χ2v) is 6.54. The molecule has 1 amide bonds. The van der Waals surface area contributed by atoms with Gasteiger partial charge in [0.05, 0.1) is 5.54 Å². The monoisotopic (exact) mass is 311 g/mol. The van der Waals surface area contributed by atoms with Crippen molar-refractivity contribution in [3.05, 3.63) is 28.8 Å². The summed E-state index contributed by atoms with van der Waals surface area (Å²) in [6.45, 7) is 0. The van der Waals surface area contributed by atoms with Crippen molar-refractivity contribution < 1.29 is 9.90 Å². The van der Waals surface area contributed by atoms with Gasteiger partial charge in [0.2, 0.25) is 0 Å². The van der Waals surface area contributed by atoms with E-state index in [-0.39, 0.29) is 0 Å². The average molecular weight is 312 g/mol. The fraction of sp³-hybridized carbons (Fsp3) is 0.385. The summed E-state index contributed by atoms with van der Waals surface area (Å²) in [6.07, 6.45) is 0.787. The minimum Gasteiger partial charge on any atom is -0.465 e. The highest BCUT2D eigenvalue weighted by molar-refractivity contribution is 8.13. The van der Waals surface area contributed by atoms with Crippen LogP contribution in [0.15, 0.2) is 23.2 Å². The van der Waals surface area contributed by atoms with Crippen LogP contribution >= 0.6 is 23.4 Å². The molecular weight excluding hydrogens is 298 g/mol. The van der Waals surface area contributed by atoms with Crippen molar-refractivity contribution in [1.82, 2.24) is 5.32 Å². The van der Waals surface area contributed by atoms with Crippen LogP contribution in [0.4, 0.5) is 10.5 Å². The minimum atomic E-state index is -1.09. The lowest BCUT2D eigenvalue weighted by Crippen LogP contribution is -2.27. The molecule has 7 heteroatoms. The van der Waals surface area contributed by atoms with Crippen LogP contribution in [0.5, 0.6) is 0 Å². The van der Waals surface area contributed by atoms with Crippen LogP contribution in [0.2, 0.25) is 5.02 Å². The Morgan fingerprint density at radius 3 is 3.15 bits per heavy atom. The molecule has 1 aliphatic carbocycles. The molecule has 1 aromatic carbocycles. The van der Waals surface area contributed by atoms with E-state index in [1.54, 1.807) is 12.1 Å². The number of nitrogens with one attached hydrogen (secondary N) is 1. The SMILES string of the molecule is Nc1ccc(Cl)c(C23CC2CCSC(NC(=O)O)=N3)c1. The Morgan fingerprint density at radius 1 is 1.60 bits per heavy atom. The zero-order valence-electron chi connectivity index (χ0n) is 10.6. The molecule has 2 atom stereocenters. The van der Waals surface area contributed by atoms with Crippen molar-refractivity contribution in [2.45, 2.75) is 18.4 Å². The summed E-state index contributed by atoms with van der Waals surface area (Å²) in [4.78, 5) is 15.5. The number of carbonyl (C=O) groups is 1. The van der Waals surface area contributed by atoms with Gasteiger partial charge in [-0.1, -0.05) is 23.4 Å². The first-order valence-corrected chi connectivity index (χ1v) is 7.66. The quantitative estimate of drug-likeness (QED) is 0.696. The predicted octanol–water partition coefficient (Wildman–Crippen LogP) is 2.90. The topological polar surface area (TPSA) is 87.7 Å². The van der Waals surface area contributed by atoms with Gasteiger partial charge < -0.3 is 10.8 Å². The molecule has 1 heterocycles. The lowest BCUT2D eigenvalue weighted by atomic mass is 10.0. The number of amides is 1. The number of amidine groups is 1. The number of benzene rings is 1. The Hall–Kier alpha value is -1.40. The van der Waals surface area contributed by atoms with Crippen LogP contribution in [0.1, 0.15) is 18.4 Å². The van der Waals surface area contributed by atoms with Gasteiger partial charge in [0.1, 0.15) is 0 Å². The summed E-state index contributed by atoms with van der Waals surface area (Å²) in [7, 11) is 0. The second kappa shape index (κ2) is 4.86. The van der Waals surface area contributed by atoms with E-state index in [1.165, 1.54) is 11.8 Å². The molecule has 1 fully saturated rings. The summed E-state index contributed by atoms with van der Waals surface area (Å²) in [5.41, 5.74) is 6.98. The van der Waals surface area contributed by atoms with Crippen molar-refractivity contribution >= 4 is 40.3 Å². The van der Waals surface area contributed by atoms with Gasteiger partial charge in [0, 0.05) is 22.0 Å². The summed E-state index contributed by atoms with van der Waals surface area (Å²) >= 11 is 7.72. The van der Waals surface area contributed by atoms with Crippen LogP contribution < -0.4 is 11.1 Å². The van der Waals surface area contributed by atoms with Crippen LogP contribution in [0, 0.1) is 5.92 Å². The van der Waals surface area contributed by atoms with Gasteiger partial charge in [0.15, 0.2) is 5.17 Å². The van der Waals surface area contributed by atoms with Gasteiger partial charge >= 0.3 is 6.09 Å². The molecule has 2 aliphatic rings. The molecule has 0 aromatic heterocycles. The summed E-state index contributed by atoms with van der Waals surface area (Å²) in [6, 6.07) is 5.37. The highest BCUT2D eigenvalue weighted by Gasteiger charge is 2.57. The van der Waals surface area contributed by atoms with E-state index in [4.69, 9.17) is 22.4 Å². The van der Waals surface area contributed by atoms with Crippen molar-refractivity contribution in [2.24, 2.45) is 10.9 Å². The molecule has 1 aliphatic heterocycles. The number of fused-ring (bicyclic) bond motifs is 1. The first kappa shape index (κ1) is 13.6. The maximum atomic E-state index is 10.8. The molecule has 20 heavy (non-hydrogen) atoms. The Kier molecular flexibility index (Phi) is 3.30. The van der Waals surface area contributed by atoms with Gasteiger partial charge in [-0.2, -0.15) is 0 Å². The number of rotatable bonds is 1. The third-order valence-corrected chi connectivity index (χ3v) is 4.99. The molecule has 1 aromatic rings. The fourth-order valence-corrected chi connectivity index (χ4v) is 3.99. The van der Waals surface area contributed by atoms with Crippen molar-refractivity contribution in [2.75, 3.05) is 11.5 Å². The normalized spacial score (nSPS) is 28.1. The number of thioether (sulfide) groups is 1. The molecule has 4 N–H and O–H groups in total. The van der Waals surface area contributed by atoms with Crippen LogP contribution in [0.3, 0.4) is 0 Å². The molecule has 3 rings (SSSR count). The lowest BCUT2D eigenvalue weighted by molar-refractivity contribution is 0.200. The number of anilines is 1. The van der Waals surface area contributed by atoms with Gasteiger partial charge in [-0.25, -0.2) is 4.79 Å². The van der Waals surface area contributed by atoms with E-state index in [2.05, 4.69) is 10.3 Å². The number of hydrogen-bond acceptors (Lipinski definition) is 4. The average Bonchev–Trinajstić information content (AvgIpc) is 3.06. The Labute approximate surface area is 125 Å². The molecule has 106 valence electrons. The molecule has 0 radical (unpaired) electrons. The first-order chi connectivity index (χ1) is 9.51. The zero-order valence-corrected chi connectivity index (χ0v) is 12.2. The van der Waals surface area contributed by atoms with Crippen LogP contribution in [-0.2, 0) is 5.54 Å². The zero-order chi connectivity index (χ0) is 14.3. The van der Waals surface area contributed by atoms with Gasteiger partial charge in [-0.3, -0.25) is 10.3 Å². The Balaban J connectivity index is 2.02. The highest BCUT2D eigenvalue weighted by Crippen LogP contribution is 2.60. The number of halogens is 1. The summed E-state index contributed by atoms with van der Waals surface area (Å²) in [5, 5.41) is 12.3. The van der Waals surface area contributed by atoms with Gasteiger partial charge in [-0.15, -0.1) is 0 Å². The number of nitrogen functional groups attached to an aromatic ring is 1. The molecule has 0 saturated heterocycles. The number of hydrogen-bond donors (Lipinski definition) is 3. The highest BCUT2D eigenvalue weighted by atomic mass is 35.5. The van der Waals surface area contributed by atoms with Gasteiger partial charge in [-0.05, 0) is 37.0 Å². The molecule has 5 nitrogen and oxygen atoms in total. The van der Waals surface area contributed by atoms with E-state index in [1.807, 2.05) is 6.07 Å². The minimum absolute atomic E-state index is 0.405. The smallest absolute Gasteiger partial charge is 0.410 e. The van der Waals surface area contributed by atoms with E-state index in [0.717, 1.165) is 24.2 Å². The third kappa shape index (κ3) is 2.33. The molecule has 2 unspecified atom stereocenters. The largest absolute Gasteiger partial charge is 0.465 e. The van der Waals surface area contributed by atoms with Crippen molar-refractivity contribution in [3.63, 3.8) is 0 Å². The van der Waals surface area contributed by atoms with Crippen LogP contribution in [-0.4, -0.2) is 22.1 Å². The number of nitrogens with two attached hydrogens (primary N) is 1. The molecule has 0 spiro atoms.